The molecule has 6 nitrogen and oxygen atoms in total. The second-order valence-corrected chi connectivity index (χ2v) is 8.75. The maximum atomic E-state index is 12.9. The lowest BCUT2D eigenvalue weighted by molar-refractivity contribution is -0.114. The van der Waals surface area contributed by atoms with Crippen LogP contribution in [0.2, 0.25) is 0 Å². The van der Waals surface area contributed by atoms with Gasteiger partial charge >= 0.3 is 0 Å². The van der Waals surface area contributed by atoms with Crippen LogP contribution in [0.4, 0.5) is 5.69 Å². The van der Waals surface area contributed by atoms with E-state index < -0.39 is 0 Å². The highest BCUT2D eigenvalue weighted by atomic mass is 16.5. The van der Waals surface area contributed by atoms with Crippen molar-refractivity contribution in [2.45, 2.75) is 59.2 Å². The Bertz CT molecular complexity index is 718. The molecule has 6 heteroatoms. The number of rotatable bonds is 5. The van der Waals surface area contributed by atoms with Gasteiger partial charge in [-0.05, 0) is 70.2 Å². The fourth-order valence-corrected chi connectivity index (χ4v) is 4.52. The van der Waals surface area contributed by atoms with E-state index in [1.165, 1.54) is 13.3 Å². The van der Waals surface area contributed by atoms with Crippen molar-refractivity contribution in [2.75, 3.05) is 38.0 Å². The van der Waals surface area contributed by atoms with Crippen molar-refractivity contribution >= 4 is 17.5 Å². The van der Waals surface area contributed by atoms with Crippen LogP contribution in [-0.2, 0) is 9.53 Å². The van der Waals surface area contributed by atoms with Gasteiger partial charge in [-0.25, -0.2) is 0 Å². The molecule has 1 aromatic rings. The van der Waals surface area contributed by atoms with Crippen molar-refractivity contribution in [1.82, 2.24) is 9.80 Å². The number of ether oxygens (including phenoxy) is 1. The van der Waals surface area contributed by atoms with Gasteiger partial charge in [0.05, 0.1) is 12.2 Å². The number of hydrogen-bond acceptors (Lipinski definition) is 4. The zero-order chi connectivity index (χ0) is 21.0. The summed E-state index contributed by atoms with van der Waals surface area (Å²) < 4.78 is 5.82. The van der Waals surface area contributed by atoms with Crippen molar-refractivity contribution in [3.05, 3.63) is 29.3 Å². The van der Waals surface area contributed by atoms with Crippen LogP contribution in [0.25, 0.3) is 0 Å². The molecule has 1 aromatic carbocycles. The maximum absolute atomic E-state index is 12.9. The molecule has 0 radical (unpaired) electrons. The number of benzene rings is 1. The van der Waals surface area contributed by atoms with Gasteiger partial charge in [0.2, 0.25) is 5.91 Å². The van der Waals surface area contributed by atoms with E-state index >= 15 is 0 Å². The quantitative estimate of drug-likeness (QED) is 0.822. The number of piperidine rings is 1. The zero-order valence-electron chi connectivity index (χ0n) is 18.2. The van der Waals surface area contributed by atoms with E-state index in [4.69, 9.17) is 4.74 Å². The predicted octanol–water partition coefficient (Wildman–Crippen LogP) is 3.30. The zero-order valence-corrected chi connectivity index (χ0v) is 18.2. The topological polar surface area (TPSA) is 61.9 Å². The molecule has 3 rings (SSSR count). The Morgan fingerprint density at radius 3 is 2.41 bits per heavy atom. The van der Waals surface area contributed by atoms with Crippen molar-refractivity contribution in [3.63, 3.8) is 0 Å². The van der Waals surface area contributed by atoms with Crippen molar-refractivity contribution in [2.24, 2.45) is 5.92 Å². The highest BCUT2D eigenvalue weighted by Gasteiger charge is 2.26. The highest BCUT2D eigenvalue weighted by molar-refractivity contribution is 5.97. The third kappa shape index (κ3) is 6.03. The number of aryl methyl sites for hydroxylation is 1. The Morgan fingerprint density at radius 2 is 1.79 bits per heavy atom. The highest BCUT2D eigenvalue weighted by Crippen LogP contribution is 2.24. The first-order valence-corrected chi connectivity index (χ1v) is 10.9. The minimum atomic E-state index is -0.123. The molecule has 2 saturated heterocycles. The number of nitrogens with one attached hydrogen (secondary N) is 1. The van der Waals surface area contributed by atoms with Gasteiger partial charge in [0.15, 0.2) is 0 Å². The molecular weight excluding hydrogens is 366 g/mol. The summed E-state index contributed by atoms with van der Waals surface area (Å²) in [6.07, 6.45) is 3.95. The Kier molecular flexibility index (Phi) is 7.30. The van der Waals surface area contributed by atoms with E-state index in [1.54, 1.807) is 6.07 Å². The molecule has 2 fully saturated rings. The first-order chi connectivity index (χ1) is 13.8. The van der Waals surface area contributed by atoms with Gasteiger partial charge in [-0.1, -0.05) is 6.07 Å². The maximum Gasteiger partial charge on any atom is 0.253 e. The monoisotopic (exact) mass is 401 g/mol. The molecule has 0 aromatic heterocycles. The Morgan fingerprint density at radius 1 is 1.14 bits per heavy atom. The molecule has 2 aliphatic rings. The van der Waals surface area contributed by atoms with Crippen LogP contribution in [0.3, 0.4) is 0 Å². The minimum absolute atomic E-state index is 0.0610. The number of likely N-dealkylation sites (tertiary alicyclic amines) is 1. The number of carbonyl (C=O) groups excluding carboxylic acids is 2. The number of carbonyl (C=O) groups is 2. The number of morpholine rings is 1. The first-order valence-electron chi connectivity index (χ1n) is 10.9. The molecule has 2 heterocycles. The molecule has 0 bridgehead atoms. The van der Waals surface area contributed by atoms with Gasteiger partial charge in [-0.15, -0.1) is 0 Å². The Balaban J connectivity index is 1.49. The van der Waals surface area contributed by atoms with Crippen LogP contribution in [0.1, 0.15) is 56.0 Å². The largest absolute Gasteiger partial charge is 0.373 e. The molecular formula is C23H35N3O3. The van der Waals surface area contributed by atoms with E-state index in [0.29, 0.717) is 29.4 Å². The third-order valence-corrected chi connectivity index (χ3v) is 6.05. The van der Waals surface area contributed by atoms with Crippen molar-refractivity contribution in [3.8, 4) is 0 Å². The molecule has 160 valence electrons. The van der Waals surface area contributed by atoms with Gasteiger partial charge in [-0.3, -0.25) is 14.5 Å². The molecule has 2 atom stereocenters. The van der Waals surface area contributed by atoms with E-state index in [1.807, 2.05) is 24.0 Å². The summed E-state index contributed by atoms with van der Waals surface area (Å²) in [5.74, 6) is 0.619. The summed E-state index contributed by atoms with van der Waals surface area (Å²) in [5, 5.41) is 2.81. The molecule has 0 saturated carbocycles. The minimum Gasteiger partial charge on any atom is -0.373 e. The first kappa shape index (κ1) is 21.8. The lowest BCUT2D eigenvalue weighted by Gasteiger charge is -2.37. The lowest BCUT2D eigenvalue weighted by Crippen LogP contribution is -2.46. The average molecular weight is 402 g/mol. The summed E-state index contributed by atoms with van der Waals surface area (Å²) in [4.78, 5) is 28.8. The number of anilines is 1. The van der Waals surface area contributed by atoms with Crippen LogP contribution in [-0.4, -0.2) is 66.5 Å². The smallest absolute Gasteiger partial charge is 0.253 e. The van der Waals surface area contributed by atoms with E-state index in [9.17, 15) is 9.59 Å². The van der Waals surface area contributed by atoms with Crippen LogP contribution < -0.4 is 5.32 Å². The normalized spacial score (nSPS) is 23.8. The SMILES string of the molecule is CC(=O)Nc1cc(C(=O)N2CCC(CCN3C[C@@H](C)O[C@H](C)C3)CC2)ccc1C. The summed E-state index contributed by atoms with van der Waals surface area (Å²) in [5.41, 5.74) is 2.32. The Labute approximate surface area is 174 Å². The van der Waals surface area contributed by atoms with Gasteiger partial charge in [0, 0.05) is 44.4 Å². The molecule has 29 heavy (non-hydrogen) atoms. The fraction of sp³-hybridized carbons (Fsp3) is 0.652. The molecule has 2 aliphatic heterocycles. The van der Waals surface area contributed by atoms with E-state index in [2.05, 4.69) is 24.1 Å². The van der Waals surface area contributed by atoms with Crippen LogP contribution in [0, 0.1) is 12.8 Å². The number of nitrogens with zero attached hydrogens (tertiary/aromatic N) is 2. The summed E-state index contributed by atoms with van der Waals surface area (Å²) in [6, 6.07) is 5.55. The summed E-state index contributed by atoms with van der Waals surface area (Å²) in [7, 11) is 0. The van der Waals surface area contributed by atoms with Crippen LogP contribution >= 0.6 is 0 Å². The number of hydrogen-bond donors (Lipinski definition) is 1. The molecule has 0 spiro atoms. The standard InChI is InChI=1S/C23H35N3O3/c1-16-5-6-21(13-22(16)24-19(4)27)23(28)26-11-8-20(9-12-26)7-10-25-14-17(2)29-18(3)15-25/h5-6,13,17-18,20H,7-12,14-15H2,1-4H3,(H,24,27)/t17-,18-/m1/s1. The number of amides is 2. The lowest BCUT2D eigenvalue weighted by atomic mass is 9.92. The van der Waals surface area contributed by atoms with Gasteiger partial charge in [-0.2, -0.15) is 0 Å². The fourth-order valence-electron chi connectivity index (χ4n) is 4.52. The van der Waals surface area contributed by atoms with E-state index in [-0.39, 0.29) is 11.8 Å². The van der Waals surface area contributed by atoms with Crippen molar-refractivity contribution in [1.29, 1.82) is 0 Å². The van der Waals surface area contributed by atoms with E-state index in [0.717, 1.165) is 51.1 Å². The molecule has 2 amide bonds. The van der Waals surface area contributed by atoms with Crippen molar-refractivity contribution < 1.29 is 14.3 Å². The van der Waals surface area contributed by atoms with Gasteiger partial charge < -0.3 is 15.0 Å². The third-order valence-electron chi connectivity index (χ3n) is 6.05. The predicted molar refractivity (Wildman–Crippen MR) is 115 cm³/mol. The second-order valence-electron chi connectivity index (χ2n) is 8.75. The van der Waals surface area contributed by atoms with Gasteiger partial charge in [0.25, 0.3) is 5.91 Å². The molecule has 0 aliphatic carbocycles. The summed E-state index contributed by atoms with van der Waals surface area (Å²) >= 11 is 0. The van der Waals surface area contributed by atoms with Crippen LogP contribution in [0.5, 0.6) is 0 Å². The van der Waals surface area contributed by atoms with Crippen LogP contribution in [0.15, 0.2) is 18.2 Å². The second kappa shape index (κ2) is 9.72. The summed E-state index contributed by atoms with van der Waals surface area (Å²) in [6.45, 7) is 12.5. The average Bonchev–Trinajstić information content (AvgIpc) is 2.67. The Hall–Kier alpha value is -1.92. The van der Waals surface area contributed by atoms with Gasteiger partial charge in [0.1, 0.15) is 0 Å². The molecule has 1 N–H and O–H groups in total. The molecule has 0 unspecified atom stereocenters.